The average molecular weight is 318 g/mol. The van der Waals surface area contributed by atoms with Gasteiger partial charge < -0.3 is 4.90 Å². The Morgan fingerprint density at radius 3 is 2.52 bits per heavy atom. The number of sulfone groups is 1. The summed E-state index contributed by atoms with van der Waals surface area (Å²) >= 11 is 0. The molecule has 0 radical (unpaired) electrons. The van der Waals surface area contributed by atoms with Crippen LogP contribution >= 0.6 is 0 Å². The lowest BCUT2D eigenvalue weighted by Gasteiger charge is -2.24. The number of halogens is 2. The minimum absolute atomic E-state index is 0.00132. The van der Waals surface area contributed by atoms with Crippen molar-refractivity contribution in [1.82, 2.24) is 10.2 Å². The molecule has 2 rings (SSSR count). The van der Waals surface area contributed by atoms with Gasteiger partial charge in [0.05, 0.1) is 11.8 Å². The molecule has 1 N–H and O–H groups in total. The third-order valence-corrected chi connectivity index (χ3v) is 4.26. The van der Waals surface area contributed by atoms with Gasteiger partial charge in [0.1, 0.15) is 16.0 Å². The maximum absolute atomic E-state index is 13.3. The fourth-order valence-corrected chi connectivity index (χ4v) is 2.76. The summed E-state index contributed by atoms with van der Waals surface area (Å²) in [5, 5.41) is 2.95. The number of carbonyl (C=O) groups is 1. The van der Waals surface area contributed by atoms with Gasteiger partial charge in [0.15, 0.2) is 11.6 Å². The molecular formula is C13H16F2N2O3S. The summed E-state index contributed by atoms with van der Waals surface area (Å²) in [4.78, 5) is 13.4. The van der Waals surface area contributed by atoms with Crippen molar-refractivity contribution in [1.29, 1.82) is 0 Å². The molecule has 0 saturated carbocycles. The highest BCUT2D eigenvalue weighted by Gasteiger charge is 2.37. The number of hydrogen-bond acceptors (Lipinski definition) is 4. The monoisotopic (exact) mass is 318 g/mol. The van der Waals surface area contributed by atoms with Crippen LogP contribution in [0.25, 0.3) is 0 Å². The highest BCUT2D eigenvalue weighted by Crippen LogP contribution is 2.26. The van der Waals surface area contributed by atoms with E-state index in [4.69, 9.17) is 0 Å². The maximum atomic E-state index is 13.3. The van der Waals surface area contributed by atoms with E-state index in [2.05, 4.69) is 5.32 Å². The first-order chi connectivity index (χ1) is 9.69. The van der Waals surface area contributed by atoms with Crippen molar-refractivity contribution in [2.45, 2.75) is 19.1 Å². The van der Waals surface area contributed by atoms with Gasteiger partial charge in [-0.2, -0.15) is 0 Å². The van der Waals surface area contributed by atoms with Crippen LogP contribution in [0.1, 0.15) is 18.7 Å². The van der Waals surface area contributed by atoms with Crippen LogP contribution in [-0.2, 0) is 14.6 Å². The first-order valence-electron chi connectivity index (χ1n) is 6.38. The van der Waals surface area contributed by atoms with Gasteiger partial charge in [-0.15, -0.1) is 0 Å². The summed E-state index contributed by atoms with van der Waals surface area (Å²) in [6.07, 6.45) is 0.418. The predicted molar refractivity (Wildman–Crippen MR) is 73.1 cm³/mol. The van der Waals surface area contributed by atoms with Crippen molar-refractivity contribution in [3.05, 3.63) is 35.4 Å². The largest absolute Gasteiger partial charge is 0.321 e. The zero-order valence-electron chi connectivity index (χ0n) is 11.6. The summed E-state index contributed by atoms with van der Waals surface area (Å²) < 4.78 is 48.8. The molecule has 1 fully saturated rings. The van der Waals surface area contributed by atoms with Crippen LogP contribution in [0.3, 0.4) is 0 Å². The fraction of sp³-hybridized carbons (Fsp3) is 0.462. The van der Waals surface area contributed by atoms with E-state index in [1.807, 2.05) is 0 Å². The van der Waals surface area contributed by atoms with Crippen molar-refractivity contribution in [2.75, 3.05) is 18.6 Å². The van der Waals surface area contributed by atoms with E-state index < -0.39 is 33.7 Å². The molecule has 0 bridgehead atoms. The first kappa shape index (κ1) is 15.8. The van der Waals surface area contributed by atoms with Gasteiger partial charge in [-0.3, -0.25) is 10.1 Å². The van der Waals surface area contributed by atoms with Crippen molar-refractivity contribution in [2.24, 2.45) is 0 Å². The average Bonchev–Trinajstić information content (AvgIpc) is 2.66. The van der Waals surface area contributed by atoms with Gasteiger partial charge in [-0.1, -0.05) is 6.07 Å². The molecule has 0 aliphatic carbocycles. The summed E-state index contributed by atoms with van der Waals surface area (Å²) in [6.45, 7) is 1.63. The zero-order chi connectivity index (χ0) is 15.8. The van der Waals surface area contributed by atoms with Crippen LogP contribution in [0.15, 0.2) is 18.2 Å². The molecular weight excluding hydrogens is 302 g/mol. The minimum Gasteiger partial charge on any atom is -0.321 e. The molecule has 116 valence electrons. The topological polar surface area (TPSA) is 66.5 Å². The third-order valence-electron chi connectivity index (χ3n) is 3.34. The lowest BCUT2D eigenvalue weighted by atomic mass is 10.1. The van der Waals surface area contributed by atoms with Gasteiger partial charge in [0.25, 0.3) is 0 Å². The second kappa shape index (κ2) is 5.69. The molecule has 2 atom stereocenters. The van der Waals surface area contributed by atoms with E-state index in [0.29, 0.717) is 5.56 Å². The summed E-state index contributed by atoms with van der Waals surface area (Å²) in [5.74, 6) is -2.44. The third kappa shape index (κ3) is 3.56. The minimum atomic E-state index is -3.23. The number of hydrogen-bond donors (Lipinski definition) is 1. The Bertz CT molecular complexity index is 663. The predicted octanol–water partition coefficient (Wildman–Crippen LogP) is 0.828. The van der Waals surface area contributed by atoms with E-state index in [0.717, 1.165) is 18.4 Å². The number of benzene rings is 1. The molecule has 8 heteroatoms. The van der Waals surface area contributed by atoms with Crippen molar-refractivity contribution < 1.29 is 22.0 Å². The lowest BCUT2D eigenvalue weighted by Crippen LogP contribution is -2.34. The molecule has 1 saturated heterocycles. The van der Waals surface area contributed by atoms with Gasteiger partial charge in [-0.25, -0.2) is 17.2 Å². The number of carbonyl (C=O) groups excluding carboxylic acids is 1. The summed E-state index contributed by atoms with van der Waals surface area (Å²) in [7, 11) is -3.23. The van der Waals surface area contributed by atoms with E-state index in [-0.39, 0.29) is 18.2 Å². The van der Waals surface area contributed by atoms with Crippen molar-refractivity contribution >= 4 is 15.7 Å². The molecule has 1 amide bonds. The second-order valence-corrected chi connectivity index (χ2v) is 7.39. The van der Waals surface area contributed by atoms with Gasteiger partial charge in [0.2, 0.25) is 5.91 Å². The molecule has 0 aromatic heterocycles. The Morgan fingerprint density at radius 2 is 1.95 bits per heavy atom. The molecule has 21 heavy (non-hydrogen) atoms. The Balaban J connectivity index is 2.27. The zero-order valence-corrected chi connectivity index (χ0v) is 12.5. The molecule has 2 unspecified atom stereocenters. The molecule has 0 spiro atoms. The van der Waals surface area contributed by atoms with Crippen LogP contribution in [0, 0.1) is 11.6 Å². The highest BCUT2D eigenvalue weighted by atomic mass is 32.2. The lowest BCUT2D eigenvalue weighted by molar-refractivity contribution is -0.129. The number of amides is 1. The van der Waals surface area contributed by atoms with Crippen LogP contribution < -0.4 is 5.32 Å². The number of nitrogens with one attached hydrogen (secondary N) is 1. The normalized spacial score (nSPS) is 22.9. The van der Waals surface area contributed by atoms with Crippen LogP contribution in [0.5, 0.6) is 0 Å². The molecule has 1 aliphatic rings. The molecule has 5 nitrogen and oxygen atoms in total. The SMILES string of the molecule is CC1NC(c2ccc(F)c(F)c2)N(CCS(C)(=O)=O)C1=O. The molecule has 1 aliphatic heterocycles. The van der Waals surface area contributed by atoms with Crippen molar-refractivity contribution in [3.63, 3.8) is 0 Å². The number of rotatable bonds is 4. The van der Waals surface area contributed by atoms with E-state index in [1.54, 1.807) is 6.92 Å². The van der Waals surface area contributed by atoms with E-state index in [1.165, 1.54) is 11.0 Å². The smallest absolute Gasteiger partial charge is 0.241 e. The van der Waals surface area contributed by atoms with Gasteiger partial charge in [0, 0.05) is 12.8 Å². The summed E-state index contributed by atoms with van der Waals surface area (Å²) in [5.41, 5.74) is 0.375. The van der Waals surface area contributed by atoms with Gasteiger partial charge in [-0.05, 0) is 24.6 Å². The van der Waals surface area contributed by atoms with E-state index >= 15 is 0 Å². The molecule has 1 aromatic rings. The van der Waals surface area contributed by atoms with Crippen molar-refractivity contribution in [3.8, 4) is 0 Å². The van der Waals surface area contributed by atoms with Gasteiger partial charge >= 0.3 is 0 Å². The Labute approximate surface area is 121 Å². The van der Waals surface area contributed by atoms with Crippen LogP contribution in [0.4, 0.5) is 8.78 Å². The Morgan fingerprint density at radius 1 is 1.29 bits per heavy atom. The fourth-order valence-electron chi connectivity index (χ4n) is 2.24. The number of nitrogens with zero attached hydrogens (tertiary/aromatic N) is 1. The standard InChI is InChI=1S/C13H16F2N2O3S/c1-8-13(18)17(5-6-21(2,19)20)12(16-8)9-3-4-10(14)11(15)7-9/h3-4,7-8,12,16H,5-6H2,1-2H3. The maximum Gasteiger partial charge on any atom is 0.241 e. The molecule has 1 aromatic carbocycles. The Hall–Kier alpha value is -1.54. The van der Waals surface area contributed by atoms with Crippen LogP contribution in [-0.4, -0.2) is 43.8 Å². The Kier molecular flexibility index (Phi) is 4.29. The molecule has 1 heterocycles. The quantitative estimate of drug-likeness (QED) is 0.893. The van der Waals surface area contributed by atoms with E-state index in [9.17, 15) is 22.0 Å². The summed E-state index contributed by atoms with van der Waals surface area (Å²) in [6, 6.07) is 2.84. The van der Waals surface area contributed by atoms with Crippen LogP contribution in [0.2, 0.25) is 0 Å². The highest BCUT2D eigenvalue weighted by molar-refractivity contribution is 7.90. The second-order valence-electron chi connectivity index (χ2n) is 5.13. The first-order valence-corrected chi connectivity index (χ1v) is 8.44.